The minimum Gasteiger partial charge on any atom is -0.461 e. The van der Waals surface area contributed by atoms with E-state index in [0.717, 1.165) is 32.5 Å². The van der Waals surface area contributed by atoms with Crippen molar-refractivity contribution in [3.8, 4) is 0 Å². The fourth-order valence-electron chi connectivity index (χ4n) is 2.62. The van der Waals surface area contributed by atoms with Gasteiger partial charge >= 0.3 is 0 Å². The van der Waals surface area contributed by atoms with Crippen molar-refractivity contribution in [3.63, 3.8) is 0 Å². The first-order chi connectivity index (χ1) is 10.2. The Bertz CT molecular complexity index is 749. The molecule has 1 heterocycles. The molecule has 0 saturated heterocycles. The summed E-state index contributed by atoms with van der Waals surface area (Å²) in [5, 5.41) is 4.61. The maximum Gasteiger partial charge on any atom is 0.134 e. The average Bonchev–Trinajstić information content (AvgIpc) is 2.83. The number of benzene rings is 2. The van der Waals surface area contributed by atoms with Crippen LogP contribution in [0.1, 0.15) is 17.4 Å². The van der Waals surface area contributed by atoms with Crippen LogP contribution in [-0.4, -0.2) is 6.54 Å². The number of aryl methyl sites for hydroxylation is 1. The number of rotatable bonds is 4. The molecule has 0 bridgehead atoms. The van der Waals surface area contributed by atoms with Crippen molar-refractivity contribution < 1.29 is 4.42 Å². The molecule has 0 spiro atoms. The normalized spacial score (nSPS) is 12.5. The van der Waals surface area contributed by atoms with Gasteiger partial charge in [-0.3, -0.25) is 0 Å². The van der Waals surface area contributed by atoms with E-state index < -0.39 is 0 Å². The van der Waals surface area contributed by atoms with Gasteiger partial charge in [-0.2, -0.15) is 0 Å². The molecule has 0 aliphatic heterocycles. The molecule has 4 heteroatoms. The molecule has 0 fully saturated rings. The predicted octanol–water partition coefficient (Wildman–Crippen LogP) is 4.62. The summed E-state index contributed by atoms with van der Waals surface area (Å²) in [4.78, 5) is 0. The molecule has 3 rings (SSSR count). The number of para-hydroxylation sites is 1. The molecule has 1 aromatic heterocycles. The number of furan rings is 1. The highest BCUT2D eigenvalue weighted by molar-refractivity contribution is 9.10. The van der Waals surface area contributed by atoms with Crippen LogP contribution in [0.25, 0.3) is 11.0 Å². The quantitative estimate of drug-likeness (QED) is 0.726. The predicted molar refractivity (Wildman–Crippen MR) is 90.5 cm³/mol. The number of nitrogens with two attached hydrogens (primary N) is 1. The Morgan fingerprint density at radius 3 is 2.57 bits per heavy atom. The average molecular weight is 345 g/mol. The van der Waals surface area contributed by atoms with E-state index in [0.29, 0.717) is 6.54 Å². The molecular formula is C17H17BrN2O. The third-order valence-electron chi connectivity index (χ3n) is 3.59. The molecule has 0 amide bonds. The Morgan fingerprint density at radius 2 is 1.86 bits per heavy atom. The zero-order valence-corrected chi connectivity index (χ0v) is 13.4. The van der Waals surface area contributed by atoms with Crippen molar-refractivity contribution in [2.75, 3.05) is 11.9 Å². The van der Waals surface area contributed by atoms with Gasteiger partial charge in [0, 0.05) is 27.7 Å². The van der Waals surface area contributed by atoms with Gasteiger partial charge in [0.15, 0.2) is 0 Å². The lowest BCUT2D eigenvalue weighted by Gasteiger charge is -2.18. The van der Waals surface area contributed by atoms with Gasteiger partial charge in [0.25, 0.3) is 0 Å². The lowest BCUT2D eigenvalue weighted by molar-refractivity contribution is 0.566. The fraction of sp³-hybridized carbons (Fsp3) is 0.176. The molecule has 21 heavy (non-hydrogen) atoms. The maximum absolute atomic E-state index is 5.99. The standard InChI is InChI=1S/C17H17BrN2O/c1-11-17(14-4-2-3-5-16(14)21-11)15(10-19)20-13-8-6-12(18)7-9-13/h2-9,15,20H,10,19H2,1H3. The minimum atomic E-state index is 0.0230. The number of nitrogens with one attached hydrogen (secondary N) is 1. The fourth-order valence-corrected chi connectivity index (χ4v) is 2.88. The minimum absolute atomic E-state index is 0.0230. The van der Waals surface area contributed by atoms with Crippen molar-refractivity contribution in [3.05, 3.63) is 64.3 Å². The van der Waals surface area contributed by atoms with Crippen LogP contribution < -0.4 is 11.1 Å². The van der Waals surface area contributed by atoms with E-state index >= 15 is 0 Å². The van der Waals surface area contributed by atoms with Crippen LogP contribution >= 0.6 is 15.9 Å². The molecular weight excluding hydrogens is 328 g/mol. The summed E-state index contributed by atoms with van der Waals surface area (Å²) < 4.78 is 6.89. The van der Waals surface area contributed by atoms with Gasteiger partial charge in [0.2, 0.25) is 0 Å². The van der Waals surface area contributed by atoms with E-state index in [1.54, 1.807) is 0 Å². The van der Waals surface area contributed by atoms with Crippen molar-refractivity contribution in [2.24, 2.45) is 5.73 Å². The number of anilines is 1. The van der Waals surface area contributed by atoms with E-state index in [1.165, 1.54) is 0 Å². The van der Waals surface area contributed by atoms with Crippen LogP contribution in [0.15, 0.2) is 57.4 Å². The van der Waals surface area contributed by atoms with E-state index in [1.807, 2.05) is 49.4 Å². The third-order valence-corrected chi connectivity index (χ3v) is 4.12. The smallest absolute Gasteiger partial charge is 0.134 e. The zero-order chi connectivity index (χ0) is 14.8. The summed E-state index contributed by atoms with van der Waals surface area (Å²) in [6.45, 7) is 2.49. The number of hydrogen-bond acceptors (Lipinski definition) is 3. The topological polar surface area (TPSA) is 51.2 Å². The van der Waals surface area contributed by atoms with Crippen LogP contribution in [0.2, 0.25) is 0 Å². The van der Waals surface area contributed by atoms with Crippen LogP contribution in [0.3, 0.4) is 0 Å². The molecule has 0 aliphatic carbocycles. The van der Waals surface area contributed by atoms with Crippen LogP contribution in [0.5, 0.6) is 0 Å². The second kappa shape index (κ2) is 5.92. The molecule has 3 N–H and O–H groups in total. The second-order valence-corrected chi connectivity index (χ2v) is 5.92. The molecule has 108 valence electrons. The summed E-state index contributed by atoms with van der Waals surface area (Å²) in [5.74, 6) is 0.913. The monoisotopic (exact) mass is 344 g/mol. The summed E-state index contributed by atoms with van der Waals surface area (Å²) in [6.07, 6.45) is 0. The van der Waals surface area contributed by atoms with Gasteiger partial charge in [0.05, 0.1) is 6.04 Å². The highest BCUT2D eigenvalue weighted by Gasteiger charge is 2.19. The summed E-state index contributed by atoms with van der Waals surface area (Å²) >= 11 is 3.44. The van der Waals surface area contributed by atoms with E-state index in [9.17, 15) is 0 Å². The Balaban J connectivity index is 1.98. The highest BCUT2D eigenvalue weighted by Crippen LogP contribution is 2.32. The number of halogens is 1. The lowest BCUT2D eigenvalue weighted by atomic mass is 10.0. The molecule has 3 nitrogen and oxygen atoms in total. The largest absolute Gasteiger partial charge is 0.461 e. The van der Waals surface area contributed by atoms with E-state index in [-0.39, 0.29) is 6.04 Å². The Kier molecular flexibility index (Phi) is 3.99. The van der Waals surface area contributed by atoms with Gasteiger partial charge in [0.1, 0.15) is 11.3 Å². The first-order valence-electron chi connectivity index (χ1n) is 6.89. The van der Waals surface area contributed by atoms with Gasteiger partial charge in [-0.1, -0.05) is 34.1 Å². The molecule has 3 aromatic rings. The van der Waals surface area contributed by atoms with Gasteiger partial charge in [-0.15, -0.1) is 0 Å². The van der Waals surface area contributed by atoms with E-state index in [4.69, 9.17) is 10.2 Å². The van der Waals surface area contributed by atoms with Crippen LogP contribution in [0, 0.1) is 6.92 Å². The lowest BCUT2D eigenvalue weighted by Crippen LogP contribution is -2.21. The number of fused-ring (bicyclic) bond motifs is 1. The van der Waals surface area contributed by atoms with E-state index in [2.05, 4.69) is 27.3 Å². The maximum atomic E-state index is 5.99. The second-order valence-electron chi connectivity index (χ2n) is 5.01. The van der Waals surface area contributed by atoms with Crippen molar-refractivity contribution in [1.29, 1.82) is 0 Å². The third kappa shape index (κ3) is 2.82. The summed E-state index contributed by atoms with van der Waals surface area (Å²) in [7, 11) is 0. The Morgan fingerprint density at radius 1 is 1.14 bits per heavy atom. The van der Waals surface area contributed by atoms with Crippen LogP contribution in [0.4, 0.5) is 5.69 Å². The molecule has 0 radical (unpaired) electrons. The summed E-state index contributed by atoms with van der Waals surface area (Å²) in [6, 6.07) is 16.2. The zero-order valence-electron chi connectivity index (χ0n) is 11.8. The Hall–Kier alpha value is -1.78. The molecule has 2 aromatic carbocycles. The summed E-state index contributed by atoms with van der Waals surface area (Å²) in [5.41, 5.74) is 9.07. The van der Waals surface area contributed by atoms with Gasteiger partial charge < -0.3 is 15.5 Å². The molecule has 1 unspecified atom stereocenters. The first-order valence-corrected chi connectivity index (χ1v) is 7.68. The SMILES string of the molecule is Cc1oc2ccccc2c1C(CN)Nc1ccc(Br)cc1. The number of hydrogen-bond donors (Lipinski definition) is 2. The highest BCUT2D eigenvalue weighted by atomic mass is 79.9. The van der Waals surface area contributed by atoms with Gasteiger partial charge in [-0.25, -0.2) is 0 Å². The first kappa shape index (κ1) is 14.2. The van der Waals surface area contributed by atoms with Crippen molar-refractivity contribution in [2.45, 2.75) is 13.0 Å². The van der Waals surface area contributed by atoms with Crippen LogP contribution in [-0.2, 0) is 0 Å². The molecule has 1 atom stereocenters. The van der Waals surface area contributed by atoms with Crippen molar-refractivity contribution in [1.82, 2.24) is 0 Å². The molecule has 0 saturated carbocycles. The van der Waals surface area contributed by atoms with Gasteiger partial charge in [-0.05, 0) is 37.3 Å². The Labute approximate surface area is 132 Å². The van der Waals surface area contributed by atoms with Crippen molar-refractivity contribution >= 4 is 32.6 Å². The molecule has 0 aliphatic rings.